The molecule has 2 aliphatic heterocycles. The van der Waals surface area contributed by atoms with Gasteiger partial charge in [0.1, 0.15) is 5.69 Å². The molecule has 156 valence electrons. The van der Waals surface area contributed by atoms with Crippen LogP contribution in [-0.4, -0.2) is 47.0 Å². The van der Waals surface area contributed by atoms with Gasteiger partial charge in [-0.3, -0.25) is 9.69 Å². The summed E-state index contributed by atoms with van der Waals surface area (Å²) in [6.45, 7) is 4.38. The smallest absolute Gasteiger partial charge is 0.225 e. The van der Waals surface area contributed by atoms with Gasteiger partial charge in [-0.25, -0.2) is 0 Å². The van der Waals surface area contributed by atoms with Gasteiger partial charge in [0, 0.05) is 35.7 Å². The van der Waals surface area contributed by atoms with Gasteiger partial charge in [-0.15, -0.1) is 0 Å². The van der Waals surface area contributed by atoms with Crippen LogP contribution in [0.15, 0.2) is 28.8 Å². The van der Waals surface area contributed by atoms with Crippen molar-refractivity contribution in [3.05, 3.63) is 40.1 Å². The fraction of sp³-hybridized carbons (Fsp3) is 0.545. The molecule has 29 heavy (non-hydrogen) atoms. The molecule has 4 rings (SSSR count). The first-order chi connectivity index (χ1) is 14.1. The number of aromatic nitrogens is 1. The average molecular weight is 436 g/mol. The predicted molar refractivity (Wildman–Crippen MR) is 115 cm³/mol. The lowest BCUT2D eigenvalue weighted by Crippen LogP contribution is -2.42. The Morgan fingerprint density at radius 2 is 1.76 bits per heavy atom. The zero-order valence-electron chi connectivity index (χ0n) is 16.6. The van der Waals surface area contributed by atoms with Gasteiger partial charge in [0.2, 0.25) is 5.91 Å². The van der Waals surface area contributed by atoms with Crippen LogP contribution in [0, 0.1) is 5.92 Å². The van der Waals surface area contributed by atoms with Crippen LogP contribution in [0.1, 0.15) is 44.3 Å². The molecule has 7 heteroatoms. The van der Waals surface area contributed by atoms with Crippen molar-refractivity contribution >= 4 is 29.1 Å². The molecule has 2 aliphatic rings. The molecule has 2 aromatic rings. The summed E-state index contributed by atoms with van der Waals surface area (Å²) < 4.78 is 5.53. The van der Waals surface area contributed by atoms with Gasteiger partial charge in [0.25, 0.3) is 0 Å². The van der Waals surface area contributed by atoms with E-state index in [9.17, 15) is 4.79 Å². The van der Waals surface area contributed by atoms with E-state index in [1.165, 1.54) is 12.8 Å². The Morgan fingerprint density at radius 1 is 1.03 bits per heavy atom. The summed E-state index contributed by atoms with van der Waals surface area (Å²) in [6.07, 6.45) is 6.63. The number of carbonyl (C=O) groups excluding carboxylic acids is 1. The quantitative estimate of drug-likeness (QED) is 0.656. The average Bonchev–Trinajstić information content (AvgIpc) is 2.99. The van der Waals surface area contributed by atoms with Crippen LogP contribution in [-0.2, 0) is 11.3 Å². The SMILES string of the molecule is O=C(C1CCN(Cc2cc(-c3ccc(Cl)cc3Cl)no2)CC1)N1CCCCCC1. The van der Waals surface area contributed by atoms with Crippen LogP contribution in [0.25, 0.3) is 11.3 Å². The number of piperidine rings is 1. The monoisotopic (exact) mass is 435 g/mol. The van der Waals surface area contributed by atoms with Crippen molar-refractivity contribution in [3.8, 4) is 11.3 Å². The van der Waals surface area contributed by atoms with Crippen LogP contribution in [0.3, 0.4) is 0 Å². The predicted octanol–water partition coefficient (Wildman–Crippen LogP) is 5.26. The molecule has 0 saturated carbocycles. The number of hydrogen-bond donors (Lipinski definition) is 0. The van der Waals surface area contributed by atoms with Crippen LogP contribution in [0.2, 0.25) is 10.0 Å². The second-order valence-electron chi connectivity index (χ2n) is 8.09. The Hall–Kier alpha value is -1.56. The highest BCUT2D eigenvalue weighted by atomic mass is 35.5. The number of hydrogen-bond acceptors (Lipinski definition) is 4. The van der Waals surface area contributed by atoms with Crippen molar-refractivity contribution in [2.75, 3.05) is 26.2 Å². The minimum Gasteiger partial charge on any atom is -0.359 e. The summed E-state index contributed by atoms with van der Waals surface area (Å²) >= 11 is 12.2. The van der Waals surface area contributed by atoms with E-state index in [1.807, 2.05) is 12.1 Å². The first-order valence-corrected chi connectivity index (χ1v) is 11.3. The number of halogens is 2. The van der Waals surface area contributed by atoms with Crippen molar-refractivity contribution in [2.45, 2.75) is 45.1 Å². The highest BCUT2D eigenvalue weighted by Crippen LogP contribution is 2.30. The molecule has 0 N–H and O–H groups in total. The van der Waals surface area contributed by atoms with Crippen LogP contribution in [0.5, 0.6) is 0 Å². The molecule has 1 aromatic heterocycles. The van der Waals surface area contributed by atoms with E-state index >= 15 is 0 Å². The van der Waals surface area contributed by atoms with E-state index in [4.69, 9.17) is 27.7 Å². The molecule has 5 nitrogen and oxygen atoms in total. The van der Waals surface area contributed by atoms with Gasteiger partial charge in [0.15, 0.2) is 5.76 Å². The van der Waals surface area contributed by atoms with Gasteiger partial charge in [-0.1, -0.05) is 41.2 Å². The third-order valence-electron chi connectivity index (χ3n) is 6.00. The summed E-state index contributed by atoms with van der Waals surface area (Å²) in [5, 5.41) is 5.32. The van der Waals surface area contributed by atoms with E-state index in [0.717, 1.165) is 63.2 Å². The van der Waals surface area contributed by atoms with E-state index in [2.05, 4.69) is 15.0 Å². The molecule has 1 amide bonds. The molecule has 1 aromatic carbocycles. The molecule has 0 bridgehead atoms. The van der Waals surface area contributed by atoms with Crippen molar-refractivity contribution in [1.29, 1.82) is 0 Å². The second-order valence-corrected chi connectivity index (χ2v) is 8.94. The lowest BCUT2D eigenvalue weighted by molar-refractivity contribution is -0.137. The summed E-state index contributed by atoms with van der Waals surface area (Å²) in [6, 6.07) is 7.29. The Labute approximate surface area is 181 Å². The Kier molecular flexibility index (Phi) is 6.78. The Morgan fingerprint density at radius 3 is 2.45 bits per heavy atom. The summed E-state index contributed by atoms with van der Waals surface area (Å²) in [4.78, 5) is 17.3. The molecule has 0 atom stereocenters. The first kappa shape index (κ1) is 20.7. The molecule has 2 saturated heterocycles. The fourth-order valence-corrected chi connectivity index (χ4v) is 4.82. The molecule has 0 unspecified atom stereocenters. The third-order valence-corrected chi connectivity index (χ3v) is 6.55. The fourth-order valence-electron chi connectivity index (χ4n) is 4.32. The lowest BCUT2D eigenvalue weighted by atomic mass is 9.95. The molecule has 3 heterocycles. The summed E-state index contributed by atoms with van der Waals surface area (Å²) in [5.74, 6) is 1.34. The number of rotatable bonds is 4. The minimum atomic E-state index is 0.169. The van der Waals surface area contributed by atoms with Crippen LogP contribution in [0.4, 0.5) is 0 Å². The van der Waals surface area contributed by atoms with E-state index < -0.39 is 0 Å². The van der Waals surface area contributed by atoms with E-state index in [1.54, 1.807) is 12.1 Å². The topological polar surface area (TPSA) is 49.6 Å². The number of amides is 1. The van der Waals surface area contributed by atoms with Gasteiger partial charge in [0.05, 0.1) is 11.6 Å². The third kappa shape index (κ3) is 5.14. The highest BCUT2D eigenvalue weighted by molar-refractivity contribution is 6.36. The second kappa shape index (κ2) is 9.50. The van der Waals surface area contributed by atoms with Gasteiger partial charge >= 0.3 is 0 Å². The van der Waals surface area contributed by atoms with Crippen molar-refractivity contribution in [2.24, 2.45) is 5.92 Å². The molecule has 0 radical (unpaired) electrons. The molecule has 0 spiro atoms. The minimum absolute atomic E-state index is 0.169. The first-order valence-electron chi connectivity index (χ1n) is 10.5. The molecule has 2 fully saturated rings. The molecule has 0 aliphatic carbocycles. The summed E-state index contributed by atoms with van der Waals surface area (Å²) in [5.41, 5.74) is 1.53. The zero-order valence-corrected chi connectivity index (χ0v) is 18.1. The Bertz CT molecular complexity index is 838. The summed E-state index contributed by atoms with van der Waals surface area (Å²) in [7, 11) is 0. The maximum Gasteiger partial charge on any atom is 0.225 e. The van der Waals surface area contributed by atoms with Crippen molar-refractivity contribution < 1.29 is 9.32 Å². The van der Waals surface area contributed by atoms with Crippen LogP contribution >= 0.6 is 23.2 Å². The lowest BCUT2D eigenvalue weighted by Gasteiger charge is -2.33. The molecular formula is C22H27Cl2N3O2. The van der Waals surface area contributed by atoms with Crippen molar-refractivity contribution in [1.82, 2.24) is 15.0 Å². The van der Waals surface area contributed by atoms with E-state index in [-0.39, 0.29) is 5.92 Å². The number of benzene rings is 1. The number of carbonyl (C=O) groups is 1. The van der Waals surface area contributed by atoms with Gasteiger partial charge < -0.3 is 9.42 Å². The zero-order chi connectivity index (χ0) is 20.2. The van der Waals surface area contributed by atoms with Crippen molar-refractivity contribution in [3.63, 3.8) is 0 Å². The van der Waals surface area contributed by atoms with Crippen LogP contribution < -0.4 is 0 Å². The maximum atomic E-state index is 12.8. The number of nitrogens with zero attached hydrogens (tertiary/aromatic N) is 3. The van der Waals surface area contributed by atoms with Gasteiger partial charge in [-0.05, 0) is 57.0 Å². The highest BCUT2D eigenvalue weighted by Gasteiger charge is 2.29. The number of likely N-dealkylation sites (tertiary alicyclic amines) is 2. The van der Waals surface area contributed by atoms with E-state index in [0.29, 0.717) is 28.2 Å². The normalized spacial score (nSPS) is 19.3. The Balaban J connectivity index is 1.31. The van der Waals surface area contributed by atoms with Gasteiger partial charge in [-0.2, -0.15) is 0 Å². The standard InChI is InChI=1S/C22H27Cl2N3O2/c23-17-5-6-19(20(24)13-17)21-14-18(29-25-21)15-26-11-7-16(8-12-26)22(28)27-9-3-1-2-4-10-27/h5-6,13-14,16H,1-4,7-12,15H2. The largest absolute Gasteiger partial charge is 0.359 e. The molecular weight excluding hydrogens is 409 g/mol. The maximum absolute atomic E-state index is 12.8.